The van der Waals surface area contributed by atoms with Crippen molar-refractivity contribution in [2.24, 2.45) is 0 Å². The molecular formula is C3H14OSi2. The largest absolute Gasteiger partial charge is 0.433 e. The topological polar surface area (TPSA) is 20.2 Å². The third-order valence-corrected chi connectivity index (χ3v) is 0. The Balaban J connectivity index is 0. The van der Waals surface area contributed by atoms with Crippen LogP contribution in [0.5, 0.6) is 0 Å². The average Bonchev–Trinajstić information content (AvgIpc) is 0.722. The van der Waals surface area contributed by atoms with E-state index in [-0.39, 0.29) is 11.0 Å². The summed E-state index contributed by atoms with van der Waals surface area (Å²) in [6.07, 6.45) is 0. The molecule has 1 nitrogen and oxygen atoms in total. The van der Waals surface area contributed by atoms with Crippen molar-refractivity contribution in [3.63, 3.8) is 0 Å². The summed E-state index contributed by atoms with van der Waals surface area (Å²) in [7, 11) is -1.61. The third-order valence-electron chi connectivity index (χ3n) is 0. The Morgan fingerprint density at radius 3 is 1.17 bits per heavy atom. The Labute approximate surface area is 44.5 Å². The molecule has 0 rings (SSSR count). The summed E-state index contributed by atoms with van der Waals surface area (Å²) in [6.45, 7) is 5.65. The molecule has 0 aliphatic carbocycles. The fourth-order valence-electron chi connectivity index (χ4n) is 0. The predicted molar refractivity (Wildman–Crippen MR) is 36.9 cm³/mol. The smallest absolute Gasteiger partial charge is 0.179 e. The molecule has 0 bridgehead atoms. The van der Waals surface area contributed by atoms with Gasteiger partial charge < -0.3 is 4.80 Å². The van der Waals surface area contributed by atoms with Gasteiger partial charge in [0.15, 0.2) is 8.32 Å². The Bertz CT molecular complexity index is 24.3. The molecule has 1 N–H and O–H groups in total. The molecule has 40 valence electrons. The molecule has 0 aliphatic rings. The number of rotatable bonds is 0. The first-order valence-electron chi connectivity index (χ1n) is 1.72. The quantitative estimate of drug-likeness (QED) is 0.424. The molecule has 3 heteroatoms. The molecule has 0 aliphatic heterocycles. The third kappa shape index (κ3) is 326. The van der Waals surface area contributed by atoms with Gasteiger partial charge in [-0.15, -0.1) is 0 Å². The molecule has 0 heterocycles. The van der Waals surface area contributed by atoms with Crippen LogP contribution >= 0.6 is 0 Å². The summed E-state index contributed by atoms with van der Waals surface area (Å²) in [5.41, 5.74) is 0. The molecule has 0 fully saturated rings. The second kappa shape index (κ2) is 2.55. The van der Waals surface area contributed by atoms with E-state index in [1.807, 2.05) is 19.6 Å². The van der Waals surface area contributed by atoms with Gasteiger partial charge in [0.1, 0.15) is 0 Å². The molecule has 0 unspecified atom stereocenters. The summed E-state index contributed by atoms with van der Waals surface area (Å²) < 4.78 is 0. The van der Waals surface area contributed by atoms with Crippen LogP contribution in [-0.2, 0) is 0 Å². The lowest BCUT2D eigenvalue weighted by Crippen LogP contribution is -2.17. The number of hydrogen-bond donors (Lipinski definition) is 1. The number of hydrogen-bond acceptors (Lipinski definition) is 1. The van der Waals surface area contributed by atoms with Crippen LogP contribution in [0.25, 0.3) is 0 Å². The first-order valence-corrected chi connectivity index (χ1v) is 5.17. The second-order valence-corrected chi connectivity index (χ2v) is 6.51. The molecular weight excluding hydrogens is 108 g/mol. The molecule has 6 heavy (non-hydrogen) atoms. The van der Waals surface area contributed by atoms with Gasteiger partial charge in [-0.1, -0.05) is 0 Å². The van der Waals surface area contributed by atoms with Gasteiger partial charge in [-0.05, 0) is 30.6 Å². The van der Waals surface area contributed by atoms with E-state index in [9.17, 15) is 0 Å². The SMILES string of the molecule is C[Si](C)(C)O.[SiH4]. The minimum absolute atomic E-state index is 0. The molecule has 0 saturated carbocycles. The van der Waals surface area contributed by atoms with E-state index < -0.39 is 8.32 Å². The molecule has 0 radical (unpaired) electrons. The average molecular weight is 122 g/mol. The van der Waals surface area contributed by atoms with Crippen LogP contribution in [0, 0.1) is 0 Å². The van der Waals surface area contributed by atoms with Gasteiger partial charge >= 0.3 is 0 Å². The fourth-order valence-corrected chi connectivity index (χ4v) is 0. The van der Waals surface area contributed by atoms with Gasteiger partial charge in [0.25, 0.3) is 0 Å². The maximum atomic E-state index is 8.66. The fraction of sp³-hybridized carbons (Fsp3) is 1.00. The van der Waals surface area contributed by atoms with Crippen LogP contribution in [-0.4, -0.2) is 24.1 Å². The van der Waals surface area contributed by atoms with Gasteiger partial charge in [-0.25, -0.2) is 0 Å². The van der Waals surface area contributed by atoms with Crippen molar-refractivity contribution < 1.29 is 4.80 Å². The van der Waals surface area contributed by atoms with Crippen LogP contribution in [0.3, 0.4) is 0 Å². The standard InChI is InChI=1S/C3H10OSi.H4Si/c1-5(2,3)4;/h4H,1-3H3;1H4. The van der Waals surface area contributed by atoms with E-state index in [0.29, 0.717) is 0 Å². The van der Waals surface area contributed by atoms with Crippen molar-refractivity contribution in [1.82, 2.24) is 0 Å². The first kappa shape index (κ1) is 9.64. The van der Waals surface area contributed by atoms with Gasteiger partial charge in [0.05, 0.1) is 0 Å². The Morgan fingerprint density at radius 2 is 1.17 bits per heavy atom. The van der Waals surface area contributed by atoms with Crippen molar-refractivity contribution in [2.45, 2.75) is 19.6 Å². The Morgan fingerprint density at radius 1 is 1.17 bits per heavy atom. The highest BCUT2D eigenvalue weighted by Crippen LogP contribution is 1.88. The van der Waals surface area contributed by atoms with Crippen molar-refractivity contribution in [3.8, 4) is 0 Å². The Kier molecular flexibility index (Phi) is 4.09. The van der Waals surface area contributed by atoms with Crippen LogP contribution in [0.1, 0.15) is 0 Å². The summed E-state index contributed by atoms with van der Waals surface area (Å²) >= 11 is 0. The van der Waals surface area contributed by atoms with Crippen LogP contribution in [0.15, 0.2) is 0 Å². The highest BCUT2D eigenvalue weighted by molar-refractivity contribution is 6.68. The van der Waals surface area contributed by atoms with Crippen molar-refractivity contribution in [1.29, 1.82) is 0 Å². The Hall–Kier alpha value is 0.394. The zero-order valence-corrected chi connectivity index (χ0v) is 4.95. The van der Waals surface area contributed by atoms with Gasteiger partial charge in [-0.3, -0.25) is 0 Å². The van der Waals surface area contributed by atoms with Crippen LogP contribution in [0.2, 0.25) is 19.6 Å². The maximum absolute atomic E-state index is 8.66. The molecule has 0 aromatic heterocycles. The van der Waals surface area contributed by atoms with Crippen LogP contribution in [0.4, 0.5) is 0 Å². The van der Waals surface area contributed by atoms with Gasteiger partial charge in [-0.2, -0.15) is 0 Å². The van der Waals surface area contributed by atoms with E-state index in [4.69, 9.17) is 4.80 Å². The first-order chi connectivity index (χ1) is 2.00. The highest BCUT2D eigenvalue weighted by atomic mass is 28.4. The zero-order chi connectivity index (χ0) is 4.50. The summed E-state index contributed by atoms with van der Waals surface area (Å²) in [4.78, 5) is 8.66. The molecule has 0 aromatic carbocycles. The molecule has 0 aromatic rings. The van der Waals surface area contributed by atoms with Gasteiger partial charge in [0, 0.05) is 0 Å². The summed E-state index contributed by atoms with van der Waals surface area (Å²) in [6, 6.07) is 0. The normalized spacial score (nSPS) is 10.0. The van der Waals surface area contributed by atoms with E-state index >= 15 is 0 Å². The lowest BCUT2D eigenvalue weighted by atomic mass is 11.8. The minimum Gasteiger partial charge on any atom is -0.433 e. The highest BCUT2D eigenvalue weighted by Gasteiger charge is 2.03. The van der Waals surface area contributed by atoms with E-state index in [2.05, 4.69) is 0 Å². The molecule has 0 atom stereocenters. The molecule has 0 spiro atoms. The molecule has 0 saturated heterocycles. The molecule has 0 amide bonds. The monoisotopic (exact) mass is 122 g/mol. The van der Waals surface area contributed by atoms with E-state index in [0.717, 1.165) is 0 Å². The summed E-state index contributed by atoms with van der Waals surface area (Å²) in [5.74, 6) is 0. The lowest BCUT2D eigenvalue weighted by molar-refractivity contribution is 0.561. The van der Waals surface area contributed by atoms with E-state index in [1.54, 1.807) is 0 Å². The predicted octanol–water partition coefficient (Wildman–Crippen LogP) is -0.638. The summed E-state index contributed by atoms with van der Waals surface area (Å²) in [5, 5.41) is 0. The second-order valence-electron chi connectivity index (χ2n) is 2.17. The minimum atomic E-state index is -1.61. The van der Waals surface area contributed by atoms with Crippen molar-refractivity contribution >= 4 is 19.3 Å². The van der Waals surface area contributed by atoms with Gasteiger partial charge in [0.2, 0.25) is 0 Å². The van der Waals surface area contributed by atoms with E-state index in [1.165, 1.54) is 0 Å². The van der Waals surface area contributed by atoms with Crippen molar-refractivity contribution in [2.75, 3.05) is 0 Å². The van der Waals surface area contributed by atoms with Crippen molar-refractivity contribution in [3.05, 3.63) is 0 Å². The lowest BCUT2D eigenvalue weighted by Gasteiger charge is -2.00. The zero-order valence-electron chi connectivity index (χ0n) is 3.95. The van der Waals surface area contributed by atoms with Crippen LogP contribution < -0.4 is 0 Å². The maximum Gasteiger partial charge on any atom is 0.179 e.